The molecule has 4 unspecified atom stereocenters. The molecule has 2 fully saturated rings. The van der Waals surface area contributed by atoms with Crippen LogP contribution in [0, 0.1) is 5.92 Å². The largest absolute Gasteiger partial charge is 0.393 e. The van der Waals surface area contributed by atoms with Crippen LogP contribution >= 0.6 is 11.8 Å². The standard InChI is InChI=1S/C16H27NO4S/c1-11(18)21-16(20)14-10-22-15(17-14)12-7-5-3-2-4-6-8-13(19)9-12/h12-15,17,19H,2-10H2,1H3. The van der Waals surface area contributed by atoms with E-state index in [2.05, 4.69) is 10.1 Å². The van der Waals surface area contributed by atoms with Gasteiger partial charge in [-0.3, -0.25) is 10.1 Å². The molecule has 1 heterocycles. The fourth-order valence-electron chi connectivity index (χ4n) is 3.29. The number of carbonyl (C=O) groups is 2. The summed E-state index contributed by atoms with van der Waals surface area (Å²) < 4.78 is 4.67. The Morgan fingerprint density at radius 2 is 1.82 bits per heavy atom. The van der Waals surface area contributed by atoms with Crippen molar-refractivity contribution < 1.29 is 19.4 Å². The zero-order valence-electron chi connectivity index (χ0n) is 13.3. The molecule has 0 aromatic carbocycles. The zero-order valence-corrected chi connectivity index (χ0v) is 14.1. The van der Waals surface area contributed by atoms with E-state index < -0.39 is 18.0 Å². The van der Waals surface area contributed by atoms with Crippen molar-refractivity contribution in [2.75, 3.05) is 5.75 Å². The van der Waals surface area contributed by atoms with Crippen LogP contribution < -0.4 is 5.32 Å². The fourth-order valence-corrected chi connectivity index (χ4v) is 4.70. The second kappa shape index (κ2) is 8.89. The third-order valence-corrected chi connectivity index (χ3v) is 5.86. The molecule has 126 valence electrons. The first-order valence-electron chi connectivity index (χ1n) is 8.34. The summed E-state index contributed by atoms with van der Waals surface area (Å²) in [6.07, 6.45) is 8.51. The molecular formula is C16H27NO4S. The van der Waals surface area contributed by atoms with Gasteiger partial charge >= 0.3 is 11.9 Å². The molecule has 2 N–H and O–H groups in total. The Labute approximate surface area is 136 Å². The van der Waals surface area contributed by atoms with Gasteiger partial charge in [-0.05, 0) is 25.2 Å². The summed E-state index contributed by atoms with van der Waals surface area (Å²) in [6, 6.07) is -0.411. The Kier molecular flexibility index (Phi) is 7.18. The highest BCUT2D eigenvalue weighted by Gasteiger charge is 2.36. The van der Waals surface area contributed by atoms with Crippen LogP contribution in [0.2, 0.25) is 0 Å². The molecule has 0 aromatic rings. The number of thioether (sulfide) groups is 1. The highest BCUT2D eigenvalue weighted by Crippen LogP contribution is 2.33. The molecule has 1 aliphatic carbocycles. The number of nitrogens with one attached hydrogen (secondary N) is 1. The summed E-state index contributed by atoms with van der Waals surface area (Å²) in [7, 11) is 0. The number of hydrogen-bond acceptors (Lipinski definition) is 6. The van der Waals surface area contributed by atoms with Crippen molar-refractivity contribution in [3.8, 4) is 0 Å². The first kappa shape index (κ1) is 17.8. The van der Waals surface area contributed by atoms with Crippen molar-refractivity contribution in [1.29, 1.82) is 0 Å². The summed E-state index contributed by atoms with van der Waals surface area (Å²) >= 11 is 1.71. The van der Waals surface area contributed by atoms with E-state index in [9.17, 15) is 14.7 Å². The molecule has 1 aliphatic heterocycles. The number of aliphatic hydroxyl groups excluding tert-OH is 1. The number of rotatable bonds is 2. The van der Waals surface area contributed by atoms with Crippen LogP contribution in [-0.4, -0.2) is 40.3 Å². The maximum Gasteiger partial charge on any atom is 0.331 e. The highest BCUT2D eigenvalue weighted by molar-refractivity contribution is 8.00. The maximum atomic E-state index is 11.8. The van der Waals surface area contributed by atoms with Gasteiger partial charge in [-0.15, -0.1) is 11.8 Å². The molecule has 6 heteroatoms. The van der Waals surface area contributed by atoms with Crippen molar-refractivity contribution >= 4 is 23.7 Å². The minimum absolute atomic E-state index is 0.165. The molecule has 2 aliphatic rings. The summed E-state index contributed by atoms with van der Waals surface area (Å²) in [4.78, 5) is 22.7. The molecule has 1 saturated carbocycles. The smallest absolute Gasteiger partial charge is 0.331 e. The van der Waals surface area contributed by atoms with E-state index in [1.54, 1.807) is 11.8 Å². The SMILES string of the molecule is CC(=O)OC(=O)C1CSC(C2CCCCCCCC(O)C2)N1. The van der Waals surface area contributed by atoms with Gasteiger partial charge in [0.05, 0.1) is 11.5 Å². The van der Waals surface area contributed by atoms with Gasteiger partial charge in [0.2, 0.25) is 0 Å². The summed E-state index contributed by atoms with van der Waals surface area (Å²) in [6.45, 7) is 1.25. The minimum atomic E-state index is -0.561. The summed E-state index contributed by atoms with van der Waals surface area (Å²) in [5, 5.41) is 13.6. The molecule has 0 radical (unpaired) electrons. The second-order valence-corrected chi connectivity index (χ2v) is 7.56. The van der Waals surface area contributed by atoms with Crippen molar-refractivity contribution in [3.05, 3.63) is 0 Å². The third kappa shape index (κ3) is 5.56. The van der Waals surface area contributed by atoms with Gasteiger partial charge in [-0.25, -0.2) is 4.79 Å². The Balaban J connectivity index is 1.88. The predicted molar refractivity (Wildman–Crippen MR) is 86.4 cm³/mol. The van der Waals surface area contributed by atoms with Crippen LogP contribution in [-0.2, 0) is 14.3 Å². The van der Waals surface area contributed by atoms with Gasteiger partial charge in [0, 0.05) is 12.7 Å². The van der Waals surface area contributed by atoms with Gasteiger partial charge in [0.25, 0.3) is 0 Å². The summed E-state index contributed by atoms with van der Waals surface area (Å²) in [5.41, 5.74) is 0. The average Bonchev–Trinajstić information content (AvgIpc) is 2.94. The van der Waals surface area contributed by atoms with E-state index in [1.807, 2.05) is 0 Å². The van der Waals surface area contributed by atoms with E-state index >= 15 is 0 Å². The number of ether oxygens (including phenoxy) is 1. The quantitative estimate of drug-likeness (QED) is 0.598. The monoisotopic (exact) mass is 329 g/mol. The molecule has 5 nitrogen and oxygen atoms in total. The van der Waals surface area contributed by atoms with Gasteiger partial charge in [0.1, 0.15) is 6.04 Å². The predicted octanol–water partition coefficient (Wildman–Crippen LogP) is 2.22. The van der Waals surface area contributed by atoms with E-state index in [0.717, 1.165) is 25.7 Å². The topological polar surface area (TPSA) is 75.6 Å². The lowest BCUT2D eigenvalue weighted by molar-refractivity contribution is -0.159. The van der Waals surface area contributed by atoms with Gasteiger partial charge in [0.15, 0.2) is 0 Å². The lowest BCUT2D eigenvalue weighted by Crippen LogP contribution is -2.41. The van der Waals surface area contributed by atoms with Crippen molar-refractivity contribution in [2.24, 2.45) is 5.92 Å². The molecule has 0 bridgehead atoms. The van der Waals surface area contributed by atoms with Crippen LogP contribution in [0.1, 0.15) is 58.3 Å². The Morgan fingerprint density at radius 1 is 1.14 bits per heavy atom. The fraction of sp³-hybridized carbons (Fsp3) is 0.875. The molecule has 0 amide bonds. The molecular weight excluding hydrogens is 302 g/mol. The first-order valence-corrected chi connectivity index (χ1v) is 9.39. The van der Waals surface area contributed by atoms with Crippen molar-refractivity contribution in [3.63, 3.8) is 0 Å². The molecule has 0 aromatic heterocycles. The van der Waals surface area contributed by atoms with E-state index in [4.69, 9.17) is 0 Å². The zero-order chi connectivity index (χ0) is 15.9. The van der Waals surface area contributed by atoms with Crippen LogP contribution in [0.5, 0.6) is 0 Å². The highest BCUT2D eigenvalue weighted by atomic mass is 32.2. The van der Waals surface area contributed by atoms with E-state index in [1.165, 1.54) is 32.6 Å². The first-order chi connectivity index (χ1) is 10.6. The lowest BCUT2D eigenvalue weighted by atomic mass is 9.90. The molecule has 0 spiro atoms. The van der Waals surface area contributed by atoms with Crippen LogP contribution in [0.15, 0.2) is 0 Å². The molecule has 22 heavy (non-hydrogen) atoms. The van der Waals surface area contributed by atoms with Gasteiger partial charge in [-0.2, -0.15) is 0 Å². The van der Waals surface area contributed by atoms with Crippen LogP contribution in [0.4, 0.5) is 0 Å². The maximum absolute atomic E-state index is 11.8. The number of hydrogen-bond donors (Lipinski definition) is 2. The molecule has 2 rings (SSSR count). The van der Waals surface area contributed by atoms with Crippen molar-refractivity contribution in [1.82, 2.24) is 5.32 Å². The van der Waals surface area contributed by atoms with Crippen LogP contribution in [0.3, 0.4) is 0 Å². The van der Waals surface area contributed by atoms with Gasteiger partial charge < -0.3 is 9.84 Å². The Morgan fingerprint density at radius 3 is 2.55 bits per heavy atom. The van der Waals surface area contributed by atoms with Crippen LogP contribution in [0.25, 0.3) is 0 Å². The lowest BCUT2D eigenvalue weighted by Gasteiger charge is -2.27. The van der Waals surface area contributed by atoms with Gasteiger partial charge in [-0.1, -0.05) is 32.1 Å². The molecule has 4 atom stereocenters. The Bertz CT molecular complexity index is 390. The van der Waals surface area contributed by atoms with Crippen molar-refractivity contribution in [2.45, 2.75) is 75.8 Å². The molecule has 1 saturated heterocycles. The number of esters is 2. The minimum Gasteiger partial charge on any atom is -0.393 e. The van der Waals surface area contributed by atoms with E-state index in [-0.39, 0.29) is 11.5 Å². The Hall–Kier alpha value is -0.590. The number of aliphatic hydroxyl groups is 1. The third-order valence-electron chi connectivity index (χ3n) is 4.45. The number of carbonyl (C=O) groups excluding carboxylic acids is 2. The average molecular weight is 329 g/mol. The normalized spacial score (nSPS) is 34.1. The van der Waals surface area contributed by atoms with E-state index in [0.29, 0.717) is 11.7 Å². The second-order valence-electron chi connectivity index (χ2n) is 6.38. The summed E-state index contributed by atoms with van der Waals surface area (Å²) in [5.74, 6) is -0.0471.